The normalized spacial score (nSPS) is 13.9. The molecule has 1 aliphatic rings. The molecule has 0 radical (unpaired) electrons. The van der Waals surface area contributed by atoms with Gasteiger partial charge in [-0.05, 0) is 30.7 Å². The van der Waals surface area contributed by atoms with E-state index in [4.69, 9.17) is 9.47 Å². The molecule has 1 heterocycles. The van der Waals surface area contributed by atoms with Crippen molar-refractivity contribution in [3.05, 3.63) is 23.8 Å². The van der Waals surface area contributed by atoms with Crippen LogP contribution in [0.4, 0.5) is 0 Å². The van der Waals surface area contributed by atoms with E-state index < -0.39 is 10.0 Å². The molecule has 0 saturated heterocycles. The fourth-order valence-electron chi connectivity index (χ4n) is 1.97. The SMILES string of the molecule is CC(C)NCCCS(=O)(=O)NCc1ccc2c(c1)OCO2. The molecule has 0 fully saturated rings. The molecular weight excluding hydrogens is 292 g/mol. The fourth-order valence-corrected chi connectivity index (χ4v) is 3.02. The second-order valence-corrected chi connectivity index (χ2v) is 7.22. The van der Waals surface area contributed by atoms with Gasteiger partial charge in [0.25, 0.3) is 0 Å². The highest BCUT2D eigenvalue weighted by Gasteiger charge is 2.14. The molecule has 2 rings (SSSR count). The molecule has 1 aromatic carbocycles. The topological polar surface area (TPSA) is 76.7 Å². The van der Waals surface area contributed by atoms with Crippen LogP contribution in [0.25, 0.3) is 0 Å². The highest BCUT2D eigenvalue weighted by atomic mass is 32.2. The number of ether oxygens (including phenoxy) is 2. The van der Waals surface area contributed by atoms with Crippen LogP contribution < -0.4 is 19.5 Å². The van der Waals surface area contributed by atoms with Gasteiger partial charge in [0.2, 0.25) is 16.8 Å². The maximum Gasteiger partial charge on any atom is 0.231 e. The van der Waals surface area contributed by atoms with E-state index in [0.29, 0.717) is 30.5 Å². The molecule has 1 aromatic rings. The van der Waals surface area contributed by atoms with E-state index in [1.807, 2.05) is 19.9 Å². The van der Waals surface area contributed by atoms with Crippen LogP contribution >= 0.6 is 0 Å². The summed E-state index contributed by atoms with van der Waals surface area (Å²) < 4.78 is 36.9. The Labute approximate surface area is 125 Å². The van der Waals surface area contributed by atoms with Gasteiger partial charge in [-0.3, -0.25) is 0 Å². The molecule has 7 heteroatoms. The summed E-state index contributed by atoms with van der Waals surface area (Å²) in [7, 11) is -3.25. The number of hydrogen-bond donors (Lipinski definition) is 2. The van der Waals surface area contributed by atoms with Crippen LogP contribution in [0.2, 0.25) is 0 Å². The minimum atomic E-state index is -3.25. The zero-order valence-corrected chi connectivity index (χ0v) is 13.2. The predicted octanol–water partition coefficient (Wildman–Crippen LogP) is 1.22. The first kappa shape index (κ1) is 16.1. The molecule has 0 atom stereocenters. The van der Waals surface area contributed by atoms with Gasteiger partial charge in [0, 0.05) is 12.6 Å². The third kappa shape index (κ3) is 5.18. The summed E-state index contributed by atoms with van der Waals surface area (Å²) in [4.78, 5) is 0. The van der Waals surface area contributed by atoms with E-state index in [1.165, 1.54) is 0 Å². The lowest BCUT2D eigenvalue weighted by Gasteiger charge is -2.09. The van der Waals surface area contributed by atoms with Crippen molar-refractivity contribution in [3.8, 4) is 11.5 Å². The Morgan fingerprint density at radius 2 is 2.00 bits per heavy atom. The number of nitrogens with one attached hydrogen (secondary N) is 2. The second kappa shape index (κ2) is 7.11. The second-order valence-electron chi connectivity index (χ2n) is 5.29. The summed E-state index contributed by atoms with van der Waals surface area (Å²) in [5.74, 6) is 1.48. The van der Waals surface area contributed by atoms with Gasteiger partial charge >= 0.3 is 0 Å². The lowest BCUT2D eigenvalue weighted by molar-refractivity contribution is 0.174. The van der Waals surface area contributed by atoms with Crippen molar-refractivity contribution in [2.24, 2.45) is 0 Å². The van der Waals surface area contributed by atoms with E-state index >= 15 is 0 Å². The average Bonchev–Trinajstić information content (AvgIpc) is 2.89. The molecule has 118 valence electrons. The Kier molecular flexibility index (Phi) is 5.44. The number of rotatable bonds is 8. The minimum absolute atomic E-state index is 0.122. The quantitative estimate of drug-likeness (QED) is 0.706. The molecule has 0 unspecified atom stereocenters. The van der Waals surface area contributed by atoms with Gasteiger partial charge in [-0.2, -0.15) is 0 Å². The predicted molar refractivity (Wildman–Crippen MR) is 80.9 cm³/mol. The van der Waals surface area contributed by atoms with Crippen LogP contribution in [0.1, 0.15) is 25.8 Å². The van der Waals surface area contributed by atoms with E-state index in [-0.39, 0.29) is 19.1 Å². The Bertz CT molecular complexity index is 572. The van der Waals surface area contributed by atoms with Gasteiger partial charge in [-0.1, -0.05) is 19.9 Å². The molecule has 0 bridgehead atoms. The molecule has 0 saturated carbocycles. The minimum Gasteiger partial charge on any atom is -0.454 e. The summed E-state index contributed by atoms with van der Waals surface area (Å²) >= 11 is 0. The van der Waals surface area contributed by atoms with Gasteiger partial charge in [-0.15, -0.1) is 0 Å². The number of benzene rings is 1. The third-order valence-electron chi connectivity index (χ3n) is 3.08. The van der Waals surface area contributed by atoms with Crippen molar-refractivity contribution >= 4 is 10.0 Å². The van der Waals surface area contributed by atoms with Gasteiger partial charge in [0.05, 0.1) is 5.75 Å². The van der Waals surface area contributed by atoms with E-state index in [0.717, 1.165) is 5.56 Å². The van der Waals surface area contributed by atoms with Crippen molar-refractivity contribution in [1.29, 1.82) is 0 Å². The molecule has 2 N–H and O–H groups in total. The molecule has 0 aliphatic carbocycles. The number of hydrogen-bond acceptors (Lipinski definition) is 5. The number of fused-ring (bicyclic) bond motifs is 1. The summed E-state index contributed by atoms with van der Waals surface area (Å²) in [5.41, 5.74) is 0.850. The van der Waals surface area contributed by atoms with Crippen LogP contribution in [0.15, 0.2) is 18.2 Å². The van der Waals surface area contributed by atoms with Crippen molar-refractivity contribution in [2.45, 2.75) is 32.9 Å². The highest BCUT2D eigenvalue weighted by Crippen LogP contribution is 2.32. The lowest BCUT2D eigenvalue weighted by Crippen LogP contribution is -2.29. The molecule has 0 aromatic heterocycles. The van der Waals surface area contributed by atoms with Gasteiger partial charge in [0.15, 0.2) is 11.5 Å². The van der Waals surface area contributed by atoms with Crippen molar-refractivity contribution < 1.29 is 17.9 Å². The van der Waals surface area contributed by atoms with Gasteiger partial charge < -0.3 is 14.8 Å². The van der Waals surface area contributed by atoms with Crippen molar-refractivity contribution in [1.82, 2.24) is 10.0 Å². The Balaban J connectivity index is 1.78. The monoisotopic (exact) mass is 314 g/mol. The first-order chi connectivity index (χ1) is 9.96. The third-order valence-corrected chi connectivity index (χ3v) is 4.49. The van der Waals surface area contributed by atoms with Crippen LogP contribution in [-0.4, -0.2) is 33.6 Å². The molecule has 0 amide bonds. The van der Waals surface area contributed by atoms with Crippen molar-refractivity contribution in [2.75, 3.05) is 19.1 Å². The first-order valence-corrected chi connectivity index (χ1v) is 8.71. The zero-order valence-electron chi connectivity index (χ0n) is 12.4. The molecule has 6 nitrogen and oxygen atoms in total. The number of sulfonamides is 1. The Hall–Kier alpha value is -1.31. The molecular formula is C14H22N2O4S. The first-order valence-electron chi connectivity index (χ1n) is 7.05. The van der Waals surface area contributed by atoms with E-state index in [1.54, 1.807) is 12.1 Å². The van der Waals surface area contributed by atoms with E-state index in [9.17, 15) is 8.42 Å². The fraction of sp³-hybridized carbons (Fsp3) is 0.571. The maximum absolute atomic E-state index is 11.9. The molecule has 0 spiro atoms. The standard InChI is InChI=1S/C14H22N2O4S/c1-11(2)15-6-3-7-21(17,18)16-9-12-4-5-13-14(8-12)20-10-19-13/h4-5,8,11,15-16H,3,6-7,9-10H2,1-2H3. The molecule has 1 aliphatic heterocycles. The van der Waals surface area contributed by atoms with Crippen molar-refractivity contribution in [3.63, 3.8) is 0 Å². The summed E-state index contributed by atoms with van der Waals surface area (Å²) in [5, 5.41) is 3.20. The maximum atomic E-state index is 11.9. The Morgan fingerprint density at radius 3 is 2.76 bits per heavy atom. The lowest BCUT2D eigenvalue weighted by atomic mass is 10.2. The van der Waals surface area contributed by atoms with Crippen LogP contribution in [0.5, 0.6) is 11.5 Å². The summed E-state index contributed by atoms with van der Waals surface area (Å²) in [6.45, 7) is 5.24. The largest absolute Gasteiger partial charge is 0.454 e. The Morgan fingerprint density at radius 1 is 1.24 bits per heavy atom. The van der Waals surface area contributed by atoms with Crippen LogP contribution in [0, 0.1) is 0 Å². The summed E-state index contributed by atoms with van der Waals surface area (Å²) in [6.07, 6.45) is 0.592. The average molecular weight is 314 g/mol. The van der Waals surface area contributed by atoms with Gasteiger partial charge in [0.1, 0.15) is 0 Å². The van der Waals surface area contributed by atoms with E-state index in [2.05, 4.69) is 10.0 Å². The zero-order chi connectivity index (χ0) is 15.3. The van der Waals surface area contributed by atoms with Gasteiger partial charge in [-0.25, -0.2) is 13.1 Å². The molecule has 21 heavy (non-hydrogen) atoms. The summed E-state index contributed by atoms with van der Waals surface area (Å²) in [6, 6.07) is 5.79. The van der Waals surface area contributed by atoms with Crippen LogP contribution in [-0.2, 0) is 16.6 Å². The smallest absolute Gasteiger partial charge is 0.231 e. The highest BCUT2D eigenvalue weighted by molar-refractivity contribution is 7.89. The van der Waals surface area contributed by atoms with Crippen LogP contribution in [0.3, 0.4) is 0 Å².